The average Bonchev–Trinajstić information content (AvgIpc) is 1.67. The van der Waals surface area contributed by atoms with E-state index in [1.807, 2.05) is 143 Å². The Balaban J connectivity index is 0.000000122. The Morgan fingerprint density at radius 3 is 0.907 bits per heavy atom. The molecule has 21 heteroatoms. The average molecular weight is 1610 g/mol. The maximum absolute atomic E-state index is 5.04. The molecule has 0 bridgehead atoms. The zero-order valence-electron chi connectivity index (χ0n) is 50.2. The van der Waals surface area contributed by atoms with Crippen molar-refractivity contribution in [2.45, 2.75) is 0 Å². The fourth-order valence-corrected chi connectivity index (χ4v) is 19.7. The molecule has 0 atom stereocenters. The van der Waals surface area contributed by atoms with Crippen LogP contribution < -0.4 is 24.8 Å². The summed E-state index contributed by atoms with van der Waals surface area (Å²) >= 11 is 14.5. The van der Waals surface area contributed by atoms with Gasteiger partial charge in [-0.05, 0) is 168 Å². The summed E-state index contributed by atoms with van der Waals surface area (Å²) in [4.78, 5) is 63.0. The van der Waals surface area contributed by atoms with Crippen molar-refractivity contribution in [3.05, 3.63) is 254 Å². The van der Waals surface area contributed by atoms with Gasteiger partial charge in [-0.1, -0.05) is 60.7 Å². The van der Waals surface area contributed by atoms with Gasteiger partial charge in [-0.3, -0.25) is 19.9 Å². The normalized spacial score (nSPS) is 11.3. The molecule has 16 heterocycles. The smallest absolute Gasteiger partial charge is 1.00 e. The zero-order valence-corrected chi connectivity index (χ0v) is 60.8. The fraction of sp³-hybridized carbons (Fsp3) is 0. The van der Waals surface area contributed by atoms with Crippen molar-refractivity contribution in [1.82, 2.24) is 49.8 Å². The van der Waals surface area contributed by atoms with Crippen molar-refractivity contribution in [2.75, 3.05) is 0 Å². The van der Waals surface area contributed by atoms with Gasteiger partial charge in [-0.25, -0.2) is 19.9 Å². The van der Waals surface area contributed by atoms with Gasteiger partial charge in [0.25, 0.3) is 0 Å². The van der Waals surface area contributed by atoms with Crippen molar-refractivity contribution in [3.63, 3.8) is 0 Å². The van der Waals surface area contributed by atoms with Crippen LogP contribution in [0.15, 0.2) is 254 Å². The van der Waals surface area contributed by atoms with E-state index in [1.54, 1.807) is 45.3 Å². The van der Waals surface area contributed by atoms with Gasteiger partial charge in [0, 0.05) is 116 Å². The van der Waals surface area contributed by atoms with Crippen LogP contribution >= 0.6 is 90.7 Å². The molecule has 0 amide bonds. The first-order valence-electron chi connectivity index (χ1n) is 30.0. The number of H-pyrrole nitrogens is 2. The quantitative estimate of drug-likeness (QED) is 0.136. The Hall–Kier alpha value is -8.90. The summed E-state index contributed by atoms with van der Waals surface area (Å²) < 4.78 is 0. The number of nitrogens with zero attached hydrogens (tertiary/aromatic N) is 8. The third kappa shape index (κ3) is 12.2. The van der Waals surface area contributed by atoms with Gasteiger partial charge in [0.2, 0.25) is 0 Å². The number of para-hydroxylation sites is 2. The second kappa shape index (κ2) is 27.5. The van der Waals surface area contributed by atoms with E-state index in [-0.39, 0.29) is 44.6 Å². The molecule has 0 unspecified atom stereocenters. The van der Waals surface area contributed by atoms with E-state index in [2.05, 4.69) is 196 Å². The molecule has 10 nitrogen and oxygen atoms in total. The minimum absolute atomic E-state index is 0. The van der Waals surface area contributed by atoms with Gasteiger partial charge in [0.15, 0.2) is 0 Å². The number of pyridine rings is 6. The summed E-state index contributed by atoms with van der Waals surface area (Å²) in [6.07, 6.45) is 7.27. The third-order valence-corrected chi connectivity index (χ3v) is 25.6. The molecule has 20 rings (SSSR count). The number of benzene rings is 4. The molecule has 464 valence electrons. The van der Waals surface area contributed by atoms with Crippen LogP contribution in [0.4, 0.5) is 0 Å². The van der Waals surface area contributed by atoms with Gasteiger partial charge >= 0.3 is 19.8 Å². The molecule has 0 aliphatic rings. The van der Waals surface area contributed by atoms with Crippen LogP contribution in [0.1, 0.15) is 0 Å². The minimum atomic E-state index is 0. The number of nitrogens with one attached hydrogen (secondary N) is 2. The molecule has 2 N–H and O–H groups in total. The number of rotatable bonds is 9. The van der Waals surface area contributed by atoms with E-state index in [0.29, 0.717) is 0 Å². The Bertz CT molecular complexity index is 5680. The first-order chi connectivity index (χ1) is 46.5. The molecule has 0 radical (unpaired) electrons. The minimum Gasteiger partial charge on any atom is -1.00 e. The Morgan fingerprint density at radius 1 is 0.247 bits per heavy atom. The summed E-state index contributed by atoms with van der Waals surface area (Å²) in [5.41, 5.74) is 11.3. The maximum Gasteiger partial charge on any atom is 6.00 e. The van der Waals surface area contributed by atoms with Crippen LogP contribution in [0, 0.1) is 0 Å². The zero-order chi connectivity index (χ0) is 62.1. The molecule has 0 aliphatic heterocycles. The van der Waals surface area contributed by atoms with Crippen molar-refractivity contribution in [1.29, 1.82) is 0 Å². The summed E-state index contributed by atoms with van der Waals surface area (Å²) in [5, 5.41) is 10.7. The number of hydrogen-bond acceptors (Lipinski definition) is 16. The van der Waals surface area contributed by atoms with Crippen LogP contribution in [-0.2, 0) is 19.8 Å². The summed E-state index contributed by atoms with van der Waals surface area (Å²) in [5.74, 6) is 1.76. The molecule has 20 aromatic rings. The molecule has 0 spiro atoms. The summed E-state index contributed by atoms with van der Waals surface area (Å²) in [7, 11) is 0. The first-order valence-corrected chi connectivity index (χ1v) is 36.6. The summed E-state index contributed by atoms with van der Waals surface area (Å²) in [6.45, 7) is 0. The van der Waals surface area contributed by atoms with E-state index in [1.165, 1.54) is 58.5 Å². The van der Waals surface area contributed by atoms with E-state index >= 15 is 0 Å². The van der Waals surface area contributed by atoms with Gasteiger partial charge < -0.3 is 34.8 Å². The number of fused-ring (bicyclic) bond motifs is 14. The number of thiophene rings is 8. The van der Waals surface area contributed by atoms with E-state index < -0.39 is 0 Å². The van der Waals surface area contributed by atoms with Crippen LogP contribution in [0.25, 0.3) is 179 Å². The standard InChI is InChI=1S/2C29H16N4S4.C18H12N2.2ClH.Os/c2*1-4-16-25(30-13-1)26-17(5-2-14-31-26)28-27(16)32-29(33-28)24-12-11-23(37-24)22-10-9-21(36-22)20-8-7-19(35-20)18-6-3-15-34-18;1-3-7-15-13(5-1)9-11-17(19-15)18-12-10-14-6-2-4-8-16(14)20-18;;;/h2*1-15H,(H,32,33);1-12H;2*1H;/q;;;;;+6/p-2. The van der Waals surface area contributed by atoms with Gasteiger partial charge in [-0.2, -0.15) is 0 Å². The van der Waals surface area contributed by atoms with Crippen LogP contribution in [0.2, 0.25) is 0 Å². The molecule has 0 fully saturated rings. The van der Waals surface area contributed by atoms with Crippen LogP contribution in [0.5, 0.6) is 0 Å². The van der Waals surface area contributed by atoms with Crippen molar-refractivity contribution in [2.24, 2.45) is 0 Å². The Labute approximate surface area is 611 Å². The molecule has 0 aliphatic carbocycles. The second-order valence-electron chi connectivity index (χ2n) is 21.9. The van der Waals surface area contributed by atoms with Gasteiger partial charge in [-0.15, -0.1) is 90.7 Å². The topological polar surface area (TPSA) is 135 Å². The molecule has 0 saturated heterocycles. The van der Waals surface area contributed by atoms with Crippen molar-refractivity contribution < 1.29 is 44.6 Å². The van der Waals surface area contributed by atoms with E-state index in [4.69, 9.17) is 9.97 Å². The van der Waals surface area contributed by atoms with E-state index in [0.717, 1.165) is 120 Å². The molecular formula is C76H44Cl2N10OsS8+4. The number of halogens is 2. The molecule has 97 heavy (non-hydrogen) atoms. The second-order valence-corrected chi connectivity index (χ2v) is 30.3. The third-order valence-electron chi connectivity index (χ3n) is 16.2. The first kappa shape index (κ1) is 64.1. The predicted molar refractivity (Wildman–Crippen MR) is 402 cm³/mol. The number of aromatic nitrogens is 10. The Morgan fingerprint density at radius 2 is 0.557 bits per heavy atom. The van der Waals surface area contributed by atoms with Crippen LogP contribution in [-0.4, -0.2) is 49.8 Å². The molecule has 4 aromatic carbocycles. The van der Waals surface area contributed by atoms with Crippen molar-refractivity contribution >= 4 is 178 Å². The molecular weight excluding hydrogens is 1570 g/mol. The Kier molecular flexibility index (Phi) is 18.2. The van der Waals surface area contributed by atoms with Gasteiger partial charge in [0.05, 0.1) is 76.3 Å². The maximum atomic E-state index is 5.04. The van der Waals surface area contributed by atoms with E-state index in [9.17, 15) is 0 Å². The predicted octanol–water partition coefficient (Wildman–Crippen LogP) is 17.6. The van der Waals surface area contributed by atoms with Crippen molar-refractivity contribution in [3.8, 4) is 91.3 Å². The number of aromatic amines is 2. The summed E-state index contributed by atoms with van der Waals surface area (Å²) in [6, 6.07) is 75.9. The number of imidazole rings is 2. The largest absolute Gasteiger partial charge is 6.00 e. The molecule has 0 saturated carbocycles. The fourth-order valence-electron chi connectivity index (χ4n) is 11.8. The van der Waals surface area contributed by atoms with Gasteiger partial charge in [0.1, 0.15) is 11.6 Å². The van der Waals surface area contributed by atoms with Crippen LogP contribution in [0.3, 0.4) is 0 Å². The molecule has 16 aromatic heterocycles. The SMILES string of the molecule is [Cl-].[Cl-].[Os+6].c1ccc2nc(-c3ccc4ccccc4n3)ccc2c1.c1csc(-c2ccc(-c3ccc(-c4ccc(-c5nc6c7cccnc7c7ncccc7c6[nH]5)s4)s3)s2)c1.c1csc(-c2ccc(-c3ccc(-c4ccc(-c5nc6c7cccnc7c7ncccc7c6[nH]5)s4)s3)s2)c1. The monoisotopic (exact) mass is 1610 g/mol. The number of hydrogen-bond donors (Lipinski definition) is 2.